The van der Waals surface area contributed by atoms with Gasteiger partial charge in [-0.1, -0.05) is 148 Å². The van der Waals surface area contributed by atoms with Crippen molar-refractivity contribution in [3.05, 3.63) is 213 Å². The molecule has 80 heavy (non-hydrogen) atoms. The van der Waals surface area contributed by atoms with Crippen LogP contribution < -0.4 is 16.4 Å². The molecular weight excluding hydrogens is 1040 g/mol. The Kier molecular flexibility index (Phi) is 22.8. The summed E-state index contributed by atoms with van der Waals surface area (Å²) in [7, 11) is 0. The fourth-order valence-electron chi connectivity index (χ4n) is 10.4. The van der Waals surface area contributed by atoms with Gasteiger partial charge in [-0.2, -0.15) is 26.3 Å². The topological polar surface area (TPSA) is 131 Å². The average molecular weight is 1110 g/mol. The molecule has 0 heterocycles. The van der Waals surface area contributed by atoms with Crippen molar-refractivity contribution in [1.29, 1.82) is 0 Å². The Morgan fingerprint density at radius 1 is 0.537 bits per heavy atom. The SMILES string of the molecule is CCOC(=O)CCCCCCc1cccc(C(N)(Cc2ccccc2)c2cc(F)cc(C(F)(F)F)c2)c1.O=C(O)CCCCCCc1cccc(C(Cc2ccccc2)(NC(=O)NC2CCCC2)c2cc(F)cc(C(F)(F)F)c2)c1. The van der Waals surface area contributed by atoms with Crippen molar-refractivity contribution in [3.8, 4) is 0 Å². The molecule has 5 N–H and O–H groups in total. The number of aryl methyl sites for hydroxylation is 2. The zero-order chi connectivity index (χ0) is 57.8. The lowest BCUT2D eigenvalue weighted by Crippen LogP contribution is -2.53. The minimum absolute atomic E-state index is 0.00364. The van der Waals surface area contributed by atoms with Gasteiger partial charge >= 0.3 is 30.3 Å². The molecule has 0 saturated heterocycles. The zero-order valence-corrected chi connectivity index (χ0v) is 45.1. The Labute approximate surface area is 463 Å². The van der Waals surface area contributed by atoms with Gasteiger partial charge in [0.15, 0.2) is 0 Å². The standard InChI is InChI=1S/C34H38F4N2O3.C30H33F4NO2/c35-29-21-27(20-28(22-29)34(36,37)38)33(23-25-12-5-3-6-13-25,40-32(43)39-30-16-8-9-17-30)26-15-10-14-24(19-26)11-4-1-2-7-18-31(41)42;1-2-37-28(36)16-9-4-3-6-11-22-14-10-15-24(17-22)29(35,21-23-12-7-5-8-13-23)25-18-26(30(32,33)34)20-27(31)19-25/h3,5-6,10,12-15,19-22,30H,1-2,4,7-9,11,16-18,23H2,(H,41,42)(H2,39,40,43);5,7-8,10,12-15,17-20H,2-4,6,9,11,16,21,35H2,1H3. The Morgan fingerprint density at radius 3 is 1.54 bits per heavy atom. The van der Waals surface area contributed by atoms with E-state index in [1.807, 2.05) is 91.0 Å². The third-order valence-corrected chi connectivity index (χ3v) is 14.5. The highest BCUT2D eigenvalue weighted by Gasteiger charge is 2.41. The second-order valence-electron chi connectivity index (χ2n) is 20.7. The van der Waals surface area contributed by atoms with Gasteiger partial charge in [-0.15, -0.1) is 0 Å². The Balaban J connectivity index is 0.000000261. The van der Waals surface area contributed by atoms with Gasteiger partial charge in [0.25, 0.3) is 0 Å². The number of esters is 1. The number of amides is 2. The number of rotatable bonds is 25. The molecule has 16 heteroatoms. The molecule has 1 aliphatic carbocycles. The zero-order valence-electron chi connectivity index (χ0n) is 45.1. The minimum atomic E-state index is -4.79. The van der Waals surface area contributed by atoms with Crippen LogP contribution in [0, 0.1) is 11.6 Å². The van der Waals surface area contributed by atoms with E-state index in [1.165, 1.54) is 0 Å². The Bertz CT molecular complexity index is 2930. The van der Waals surface area contributed by atoms with Gasteiger partial charge in [0.2, 0.25) is 0 Å². The molecule has 0 bridgehead atoms. The van der Waals surface area contributed by atoms with Crippen LogP contribution in [0.2, 0.25) is 0 Å². The molecule has 8 nitrogen and oxygen atoms in total. The number of nitrogens with one attached hydrogen (secondary N) is 2. The van der Waals surface area contributed by atoms with E-state index in [1.54, 1.807) is 25.1 Å². The Morgan fingerprint density at radius 2 is 1.00 bits per heavy atom. The molecular formula is C64H71F8N3O5. The molecule has 428 valence electrons. The van der Waals surface area contributed by atoms with E-state index in [2.05, 4.69) is 10.6 Å². The number of ether oxygens (including phenoxy) is 1. The molecule has 2 amide bonds. The summed E-state index contributed by atoms with van der Waals surface area (Å²) in [6.45, 7) is 2.17. The highest BCUT2D eigenvalue weighted by atomic mass is 19.4. The van der Waals surface area contributed by atoms with Gasteiger partial charge in [-0.05, 0) is 146 Å². The number of carbonyl (C=O) groups excluding carboxylic acids is 2. The minimum Gasteiger partial charge on any atom is -0.481 e. The van der Waals surface area contributed by atoms with Gasteiger partial charge in [0.1, 0.15) is 11.6 Å². The number of alkyl halides is 6. The predicted octanol–water partition coefficient (Wildman–Crippen LogP) is 15.5. The normalized spacial score (nSPS) is 14.3. The third-order valence-electron chi connectivity index (χ3n) is 14.5. The maximum absolute atomic E-state index is 14.9. The fraction of sp³-hybridized carbons (Fsp3) is 0.391. The summed E-state index contributed by atoms with van der Waals surface area (Å²) >= 11 is 0. The van der Waals surface area contributed by atoms with E-state index < -0.39 is 58.2 Å². The van der Waals surface area contributed by atoms with Crippen molar-refractivity contribution >= 4 is 18.0 Å². The number of unbranched alkanes of at least 4 members (excludes halogenated alkanes) is 6. The highest BCUT2D eigenvalue weighted by Crippen LogP contribution is 2.40. The molecule has 2 atom stereocenters. The van der Waals surface area contributed by atoms with E-state index >= 15 is 0 Å². The summed E-state index contributed by atoms with van der Waals surface area (Å²) in [6, 6.07) is 37.6. The highest BCUT2D eigenvalue weighted by molar-refractivity contribution is 5.76. The molecule has 0 aromatic heterocycles. The number of aliphatic carboxylic acids is 1. The van der Waals surface area contributed by atoms with Gasteiger partial charge in [-0.25, -0.2) is 13.6 Å². The number of carboxylic acids is 1. The van der Waals surface area contributed by atoms with Crippen molar-refractivity contribution in [2.45, 2.75) is 152 Å². The van der Waals surface area contributed by atoms with Crippen LogP contribution in [0.1, 0.15) is 152 Å². The summed E-state index contributed by atoms with van der Waals surface area (Å²) in [5.74, 6) is -3.03. The quantitative estimate of drug-likeness (QED) is 0.0257. The Hall–Kier alpha value is -7.07. The summed E-state index contributed by atoms with van der Waals surface area (Å²) in [5, 5.41) is 14.9. The van der Waals surface area contributed by atoms with Crippen LogP contribution >= 0.6 is 0 Å². The molecule has 0 spiro atoms. The first-order valence-electron chi connectivity index (χ1n) is 27.4. The summed E-state index contributed by atoms with van der Waals surface area (Å²) < 4.78 is 117. The molecule has 1 aliphatic rings. The van der Waals surface area contributed by atoms with Crippen LogP contribution in [0.3, 0.4) is 0 Å². The van der Waals surface area contributed by atoms with Crippen LogP contribution in [0.5, 0.6) is 0 Å². The average Bonchev–Trinajstić information content (AvgIpc) is 3.94. The fourth-order valence-corrected chi connectivity index (χ4v) is 10.4. The van der Waals surface area contributed by atoms with Crippen LogP contribution in [-0.4, -0.2) is 35.7 Å². The molecule has 1 fully saturated rings. The number of hydrogen-bond acceptors (Lipinski definition) is 5. The van der Waals surface area contributed by atoms with Gasteiger partial charge < -0.3 is 26.2 Å². The van der Waals surface area contributed by atoms with E-state index in [4.69, 9.17) is 15.6 Å². The largest absolute Gasteiger partial charge is 0.481 e. The molecule has 6 aromatic carbocycles. The number of carbonyl (C=O) groups is 3. The first-order chi connectivity index (χ1) is 38.2. The molecule has 7 rings (SSSR count). The van der Waals surface area contributed by atoms with Crippen molar-refractivity contribution in [3.63, 3.8) is 0 Å². The van der Waals surface area contributed by atoms with Crippen LogP contribution in [0.15, 0.2) is 146 Å². The number of carboxylic acid groups (broad SMARTS) is 1. The maximum atomic E-state index is 14.9. The lowest BCUT2D eigenvalue weighted by atomic mass is 9.76. The molecule has 1 saturated carbocycles. The first-order valence-corrected chi connectivity index (χ1v) is 27.4. The van der Waals surface area contributed by atoms with Crippen LogP contribution in [-0.2, 0) is 63.4 Å². The smallest absolute Gasteiger partial charge is 0.416 e. The molecule has 0 radical (unpaired) electrons. The molecule has 6 aromatic rings. The second-order valence-corrected chi connectivity index (χ2v) is 20.7. The summed E-state index contributed by atoms with van der Waals surface area (Å²) in [5.41, 5.74) is 6.52. The third kappa shape index (κ3) is 18.8. The molecule has 0 aliphatic heterocycles. The van der Waals surface area contributed by atoms with E-state index in [0.29, 0.717) is 49.1 Å². The van der Waals surface area contributed by atoms with Gasteiger partial charge in [-0.3, -0.25) is 9.59 Å². The van der Waals surface area contributed by atoms with E-state index in [0.717, 1.165) is 124 Å². The van der Waals surface area contributed by atoms with Crippen molar-refractivity contribution in [2.24, 2.45) is 5.73 Å². The van der Waals surface area contributed by atoms with E-state index in [-0.39, 0.29) is 42.4 Å². The monoisotopic (exact) mass is 1110 g/mol. The lowest BCUT2D eigenvalue weighted by molar-refractivity contribution is -0.143. The maximum Gasteiger partial charge on any atom is 0.416 e. The summed E-state index contributed by atoms with van der Waals surface area (Å²) in [4.78, 5) is 35.8. The molecule has 2 unspecified atom stereocenters. The van der Waals surface area contributed by atoms with Crippen molar-refractivity contribution in [2.75, 3.05) is 6.61 Å². The number of nitrogens with two attached hydrogens (primary N) is 1. The first kappa shape index (κ1) is 62.1. The van der Waals surface area contributed by atoms with Crippen molar-refractivity contribution in [1.82, 2.24) is 10.6 Å². The number of halogens is 8. The second kappa shape index (κ2) is 29.4. The number of benzene rings is 6. The predicted molar refractivity (Wildman–Crippen MR) is 293 cm³/mol. The number of urea groups is 1. The number of hydrogen-bond donors (Lipinski definition) is 4. The van der Waals surface area contributed by atoms with Gasteiger partial charge in [0, 0.05) is 25.3 Å². The summed E-state index contributed by atoms with van der Waals surface area (Å²) in [6.07, 6.45) is 2.84. The van der Waals surface area contributed by atoms with Crippen LogP contribution in [0.25, 0.3) is 0 Å². The van der Waals surface area contributed by atoms with Crippen molar-refractivity contribution < 1.29 is 59.4 Å². The van der Waals surface area contributed by atoms with E-state index in [9.17, 15) is 49.5 Å². The lowest BCUT2D eigenvalue weighted by Gasteiger charge is -2.37. The van der Waals surface area contributed by atoms with Gasteiger partial charge in [0.05, 0.1) is 28.8 Å². The van der Waals surface area contributed by atoms with Crippen LogP contribution in [0.4, 0.5) is 39.9 Å².